The second-order valence-corrected chi connectivity index (χ2v) is 4.17. The minimum Gasteiger partial charge on any atom is -0.298 e. The Morgan fingerprint density at radius 2 is 2.08 bits per heavy atom. The highest BCUT2D eigenvalue weighted by Gasteiger charge is 2.23. The van der Waals surface area contributed by atoms with Gasteiger partial charge >= 0.3 is 0 Å². The fourth-order valence-electron chi connectivity index (χ4n) is 1.70. The number of nitrogens with zero attached hydrogens (tertiary/aromatic N) is 2. The molecule has 2 nitrogen and oxygen atoms in total. The van der Waals surface area contributed by atoms with Crippen LogP contribution in [0, 0.1) is 0 Å². The third kappa shape index (κ3) is 2.38. The van der Waals surface area contributed by atoms with Gasteiger partial charge in [0.25, 0.3) is 0 Å². The lowest BCUT2D eigenvalue weighted by atomic mass is 10.2. The molecule has 0 aromatic carbocycles. The minimum absolute atomic E-state index is 0.665. The van der Waals surface area contributed by atoms with E-state index < -0.39 is 0 Å². The normalized spacial score (nSPS) is 28.2. The van der Waals surface area contributed by atoms with Crippen LogP contribution in [-0.4, -0.2) is 47.4 Å². The highest BCUT2D eigenvalue weighted by molar-refractivity contribution is 7.80. The van der Waals surface area contributed by atoms with Crippen LogP contribution < -0.4 is 0 Å². The van der Waals surface area contributed by atoms with Gasteiger partial charge in [0.05, 0.1) is 0 Å². The molecule has 0 spiro atoms. The maximum Gasteiger partial charge on any atom is 0.0418 e. The third-order valence-electron chi connectivity index (χ3n) is 2.71. The predicted octanol–water partition coefficient (Wildman–Crippen LogP) is 1.29. The van der Waals surface area contributed by atoms with E-state index in [0.717, 1.165) is 5.88 Å². The summed E-state index contributed by atoms with van der Waals surface area (Å²) in [5.74, 6) is 0.896. The van der Waals surface area contributed by atoms with Crippen molar-refractivity contribution in [3.8, 4) is 0 Å². The Balaban J connectivity index is 2.40. The summed E-state index contributed by atoms with van der Waals surface area (Å²) >= 11 is 4.31. The monoisotopic (exact) mass is 188 g/mol. The quantitative estimate of drug-likeness (QED) is 0.652. The molecule has 1 atom stereocenters. The van der Waals surface area contributed by atoms with E-state index in [4.69, 9.17) is 0 Å². The summed E-state index contributed by atoms with van der Waals surface area (Å²) in [6, 6.07) is 1.35. The van der Waals surface area contributed by atoms with Crippen molar-refractivity contribution in [2.45, 2.75) is 32.9 Å². The molecule has 1 aliphatic heterocycles. The topological polar surface area (TPSA) is 6.48 Å². The highest BCUT2D eigenvalue weighted by atomic mass is 32.1. The Labute approximate surface area is 81.3 Å². The van der Waals surface area contributed by atoms with E-state index in [-0.39, 0.29) is 0 Å². The van der Waals surface area contributed by atoms with E-state index in [1.165, 1.54) is 19.6 Å². The Hall–Kier alpha value is 0.270. The van der Waals surface area contributed by atoms with Gasteiger partial charge in [0.15, 0.2) is 0 Å². The summed E-state index contributed by atoms with van der Waals surface area (Å²) in [6.07, 6.45) is 0. The highest BCUT2D eigenvalue weighted by Crippen LogP contribution is 2.11. The van der Waals surface area contributed by atoms with Crippen LogP contribution in [0.15, 0.2) is 0 Å². The molecule has 0 saturated carbocycles. The zero-order chi connectivity index (χ0) is 9.14. The van der Waals surface area contributed by atoms with Crippen LogP contribution in [0.1, 0.15) is 20.8 Å². The zero-order valence-electron chi connectivity index (χ0n) is 8.32. The molecule has 1 rings (SSSR count). The molecule has 0 bridgehead atoms. The molecule has 1 heterocycles. The lowest BCUT2D eigenvalue weighted by Crippen LogP contribution is -2.53. The first-order valence-corrected chi connectivity index (χ1v) is 5.37. The van der Waals surface area contributed by atoms with Gasteiger partial charge in [-0.15, -0.1) is 0 Å². The molecule has 72 valence electrons. The molecule has 3 heteroatoms. The molecular weight excluding hydrogens is 168 g/mol. The Kier molecular flexibility index (Phi) is 3.87. The van der Waals surface area contributed by atoms with Crippen LogP contribution in [0.2, 0.25) is 0 Å². The van der Waals surface area contributed by atoms with E-state index in [0.29, 0.717) is 12.1 Å². The standard InChI is InChI=1S/C9H20N2S/c1-8(2)10-4-5-11(7-12)9(3)6-10/h8-9,12H,4-7H2,1-3H3. The molecule has 0 aliphatic carbocycles. The van der Waals surface area contributed by atoms with Gasteiger partial charge in [0.2, 0.25) is 0 Å². The number of hydrogen-bond acceptors (Lipinski definition) is 3. The number of hydrogen-bond donors (Lipinski definition) is 1. The fourth-order valence-corrected chi connectivity index (χ4v) is 2.12. The molecular formula is C9H20N2S. The van der Waals surface area contributed by atoms with Crippen LogP contribution in [0.4, 0.5) is 0 Å². The van der Waals surface area contributed by atoms with Gasteiger partial charge in [0.1, 0.15) is 0 Å². The van der Waals surface area contributed by atoms with Gasteiger partial charge in [-0.2, -0.15) is 12.6 Å². The van der Waals surface area contributed by atoms with Crippen molar-refractivity contribution in [1.29, 1.82) is 0 Å². The van der Waals surface area contributed by atoms with Crippen LogP contribution in [0.25, 0.3) is 0 Å². The first-order chi connectivity index (χ1) is 5.65. The molecule has 1 aliphatic rings. The Bertz CT molecular complexity index is 138. The van der Waals surface area contributed by atoms with E-state index in [1.807, 2.05) is 0 Å². The summed E-state index contributed by atoms with van der Waals surface area (Å²) in [7, 11) is 0. The van der Waals surface area contributed by atoms with Gasteiger partial charge < -0.3 is 0 Å². The smallest absolute Gasteiger partial charge is 0.0418 e. The van der Waals surface area contributed by atoms with Crippen molar-refractivity contribution in [2.24, 2.45) is 0 Å². The first-order valence-electron chi connectivity index (χ1n) is 4.74. The molecule has 1 fully saturated rings. The molecule has 0 amide bonds. The molecule has 1 saturated heterocycles. The van der Waals surface area contributed by atoms with Gasteiger partial charge in [-0.3, -0.25) is 9.80 Å². The molecule has 0 radical (unpaired) electrons. The van der Waals surface area contributed by atoms with Crippen molar-refractivity contribution >= 4 is 12.6 Å². The Morgan fingerprint density at radius 1 is 1.42 bits per heavy atom. The summed E-state index contributed by atoms with van der Waals surface area (Å²) in [4.78, 5) is 4.95. The second kappa shape index (κ2) is 4.49. The lowest BCUT2D eigenvalue weighted by molar-refractivity contribution is 0.0792. The SMILES string of the molecule is CC(C)N1CCN(CS)C(C)C1. The summed E-state index contributed by atoms with van der Waals surface area (Å²) < 4.78 is 0. The van der Waals surface area contributed by atoms with Crippen molar-refractivity contribution in [1.82, 2.24) is 9.80 Å². The summed E-state index contributed by atoms with van der Waals surface area (Å²) in [5.41, 5.74) is 0. The maximum absolute atomic E-state index is 4.31. The van der Waals surface area contributed by atoms with E-state index in [1.54, 1.807) is 0 Å². The lowest BCUT2D eigenvalue weighted by Gasteiger charge is -2.40. The third-order valence-corrected chi connectivity index (χ3v) is 3.07. The fraction of sp³-hybridized carbons (Fsp3) is 1.00. The average Bonchev–Trinajstić information content (AvgIpc) is 2.04. The van der Waals surface area contributed by atoms with Gasteiger partial charge in [-0.1, -0.05) is 0 Å². The van der Waals surface area contributed by atoms with E-state index in [2.05, 4.69) is 43.2 Å². The number of piperazine rings is 1. The van der Waals surface area contributed by atoms with E-state index >= 15 is 0 Å². The van der Waals surface area contributed by atoms with Crippen molar-refractivity contribution in [3.05, 3.63) is 0 Å². The van der Waals surface area contributed by atoms with Crippen molar-refractivity contribution in [2.75, 3.05) is 25.5 Å². The van der Waals surface area contributed by atoms with Crippen LogP contribution in [0.5, 0.6) is 0 Å². The van der Waals surface area contributed by atoms with Gasteiger partial charge in [-0.05, 0) is 20.8 Å². The van der Waals surface area contributed by atoms with E-state index in [9.17, 15) is 0 Å². The minimum atomic E-state index is 0.665. The zero-order valence-corrected chi connectivity index (χ0v) is 9.22. The predicted molar refractivity (Wildman–Crippen MR) is 56.7 cm³/mol. The molecule has 0 N–H and O–H groups in total. The summed E-state index contributed by atoms with van der Waals surface area (Å²) in [5, 5.41) is 0. The number of rotatable bonds is 2. The molecule has 0 aromatic rings. The molecule has 0 aromatic heterocycles. The van der Waals surface area contributed by atoms with Gasteiger partial charge in [0, 0.05) is 37.6 Å². The van der Waals surface area contributed by atoms with Crippen molar-refractivity contribution < 1.29 is 0 Å². The summed E-state index contributed by atoms with van der Waals surface area (Å²) in [6.45, 7) is 10.4. The molecule has 1 unspecified atom stereocenters. The molecule has 12 heavy (non-hydrogen) atoms. The first kappa shape index (κ1) is 10.4. The van der Waals surface area contributed by atoms with Crippen LogP contribution >= 0.6 is 12.6 Å². The second-order valence-electron chi connectivity index (χ2n) is 3.89. The van der Waals surface area contributed by atoms with Gasteiger partial charge in [-0.25, -0.2) is 0 Å². The van der Waals surface area contributed by atoms with Crippen LogP contribution in [-0.2, 0) is 0 Å². The Morgan fingerprint density at radius 3 is 2.50 bits per heavy atom. The number of thiol groups is 1. The van der Waals surface area contributed by atoms with Crippen molar-refractivity contribution in [3.63, 3.8) is 0 Å². The van der Waals surface area contributed by atoms with Crippen LogP contribution in [0.3, 0.4) is 0 Å². The average molecular weight is 188 g/mol. The maximum atomic E-state index is 4.31. The largest absolute Gasteiger partial charge is 0.298 e.